The van der Waals surface area contributed by atoms with Gasteiger partial charge in [0.1, 0.15) is 0 Å². The lowest BCUT2D eigenvalue weighted by molar-refractivity contribution is 0.0680. The van der Waals surface area contributed by atoms with Crippen molar-refractivity contribution in [1.29, 1.82) is 0 Å². The number of aromatic nitrogens is 2. The summed E-state index contributed by atoms with van der Waals surface area (Å²) in [5, 5.41) is 17.6. The van der Waals surface area contributed by atoms with Gasteiger partial charge in [0.25, 0.3) is 0 Å². The van der Waals surface area contributed by atoms with Gasteiger partial charge in [0.2, 0.25) is 0 Å². The Hall–Kier alpha value is -0.870. The maximum absolute atomic E-state index is 9.88. The van der Waals surface area contributed by atoms with Crippen molar-refractivity contribution < 1.29 is 5.11 Å². The number of nitrogens with one attached hydrogen (secondary N) is 1. The molecule has 0 unspecified atom stereocenters. The quantitative estimate of drug-likeness (QED) is 0.814. The Labute approximate surface area is 103 Å². The zero-order valence-corrected chi connectivity index (χ0v) is 10.5. The number of hydrogen-bond acceptors (Lipinski definition) is 3. The number of nitrogens with zero attached hydrogens (tertiary/aromatic N) is 2. The molecule has 1 heterocycles. The second-order valence-corrected chi connectivity index (χ2v) is 5.15. The van der Waals surface area contributed by atoms with Crippen LogP contribution in [-0.4, -0.2) is 33.6 Å². The maximum Gasteiger partial charge on any atom is 0.0580 e. The summed E-state index contributed by atoms with van der Waals surface area (Å²) in [6.07, 6.45) is 8.25. The number of aliphatic hydroxyl groups excluding tert-OH is 1. The van der Waals surface area contributed by atoms with Crippen LogP contribution in [0.4, 0.5) is 0 Å². The van der Waals surface area contributed by atoms with E-state index in [1.165, 1.54) is 12.8 Å². The van der Waals surface area contributed by atoms with Gasteiger partial charge in [-0.3, -0.25) is 4.68 Å². The first kappa shape index (κ1) is 12.6. The first-order valence-corrected chi connectivity index (χ1v) is 6.64. The van der Waals surface area contributed by atoms with Crippen LogP contribution in [0.25, 0.3) is 0 Å². The van der Waals surface area contributed by atoms with Crippen molar-refractivity contribution in [3.63, 3.8) is 0 Å². The fourth-order valence-corrected chi connectivity index (χ4v) is 2.53. The second kappa shape index (κ2) is 6.17. The molecule has 0 bridgehead atoms. The van der Waals surface area contributed by atoms with Gasteiger partial charge in [-0.1, -0.05) is 12.8 Å². The molecule has 1 aromatic rings. The van der Waals surface area contributed by atoms with Gasteiger partial charge < -0.3 is 10.4 Å². The van der Waals surface area contributed by atoms with Crippen LogP contribution in [0.1, 0.15) is 32.6 Å². The molecule has 2 rings (SSSR count). The molecule has 1 aliphatic rings. The van der Waals surface area contributed by atoms with Crippen LogP contribution >= 0.6 is 0 Å². The Morgan fingerprint density at radius 2 is 2.29 bits per heavy atom. The standard InChI is InChI=1S/C13H23N3O/c1-11(10-16-8-4-7-15-16)14-9-12-5-2-3-6-13(12)17/h4,7-8,11-14,17H,2-3,5-6,9-10H2,1H3/t11-,12-,13+/m1/s1. The molecule has 3 atom stereocenters. The molecule has 0 saturated heterocycles. The first-order chi connectivity index (χ1) is 8.25. The normalized spacial score (nSPS) is 26.9. The summed E-state index contributed by atoms with van der Waals surface area (Å²) in [6, 6.07) is 2.33. The van der Waals surface area contributed by atoms with E-state index < -0.39 is 0 Å². The molecule has 1 saturated carbocycles. The summed E-state index contributed by atoms with van der Waals surface area (Å²) >= 11 is 0. The fourth-order valence-electron chi connectivity index (χ4n) is 2.53. The summed E-state index contributed by atoms with van der Waals surface area (Å²) in [5.41, 5.74) is 0. The molecule has 17 heavy (non-hydrogen) atoms. The monoisotopic (exact) mass is 237 g/mol. The summed E-state index contributed by atoms with van der Waals surface area (Å²) in [6.45, 7) is 3.97. The van der Waals surface area contributed by atoms with E-state index >= 15 is 0 Å². The van der Waals surface area contributed by atoms with E-state index in [2.05, 4.69) is 17.3 Å². The predicted molar refractivity (Wildman–Crippen MR) is 67.7 cm³/mol. The SMILES string of the molecule is C[C@H](Cn1cccn1)NC[C@H]1CCCC[C@@H]1O. The molecule has 96 valence electrons. The van der Waals surface area contributed by atoms with Gasteiger partial charge in [-0.2, -0.15) is 5.10 Å². The molecular formula is C13H23N3O. The van der Waals surface area contributed by atoms with Crippen molar-refractivity contribution in [2.45, 2.75) is 51.3 Å². The van der Waals surface area contributed by atoms with Crippen LogP contribution in [0, 0.1) is 5.92 Å². The van der Waals surface area contributed by atoms with Gasteiger partial charge >= 0.3 is 0 Å². The average molecular weight is 237 g/mol. The van der Waals surface area contributed by atoms with Gasteiger partial charge in [-0.25, -0.2) is 0 Å². The third-order valence-corrected chi connectivity index (χ3v) is 3.62. The second-order valence-electron chi connectivity index (χ2n) is 5.15. The Kier molecular flexibility index (Phi) is 4.57. The molecule has 0 spiro atoms. The minimum absolute atomic E-state index is 0.104. The van der Waals surface area contributed by atoms with Crippen LogP contribution in [0.15, 0.2) is 18.5 Å². The summed E-state index contributed by atoms with van der Waals surface area (Å²) in [7, 11) is 0. The number of rotatable bonds is 5. The van der Waals surface area contributed by atoms with Crippen LogP contribution < -0.4 is 5.32 Å². The predicted octanol–water partition coefficient (Wildman–Crippen LogP) is 1.41. The van der Waals surface area contributed by atoms with Gasteiger partial charge in [0.15, 0.2) is 0 Å². The number of aliphatic hydroxyl groups is 1. The molecule has 0 radical (unpaired) electrons. The van der Waals surface area contributed by atoms with Crippen molar-refractivity contribution in [2.75, 3.05) is 6.54 Å². The van der Waals surface area contributed by atoms with Crippen molar-refractivity contribution in [3.8, 4) is 0 Å². The van der Waals surface area contributed by atoms with E-state index in [0.29, 0.717) is 12.0 Å². The Morgan fingerprint density at radius 3 is 3.00 bits per heavy atom. The van der Waals surface area contributed by atoms with Gasteiger partial charge in [-0.05, 0) is 31.7 Å². The van der Waals surface area contributed by atoms with Crippen molar-refractivity contribution in [2.24, 2.45) is 5.92 Å². The van der Waals surface area contributed by atoms with E-state index in [4.69, 9.17) is 0 Å². The maximum atomic E-state index is 9.88. The Bertz CT molecular complexity index is 312. The highest BCUT2D eigenvalue weighted by atomic mass is 16.3. The minimum Gasteiger partial charge on any atom is -0.393 e. The highest BCUT2D eigenvalue weighted by molar-refractivity contribution is 4.80. The summed E-state index contributed by atoms with van der Waals surface area (Å²) in [5.74, 6) is 0.434. The largest absolute Gasteiger partial charge is 0.393 e. The first-order valence-electron chi connectivity index (χ1n) is 6.64. The van der Waals surface area contributed by atoms with E-state index in [1.807, 2.05) is 16.9 Å². The van der Waals surface area contributed by atoms with Crippen molar-refractivity contribution in [3.05, 3.63) is 18.5 Å². The van der Waals surface area contributed by atoms with E-state index in [-0.39, 0.29) is 6.10 Å². The molecule has 4 heteroatoms. The lowest BCUT2D eigenvalue weighted by Crippen LogP contribution is -2.39. The molecule has 1 fully saturated rings. The van der Waals surface area contributed by atoms with Crippen LogP contribution in [0.5, 0.6) is 0 Å². The van der Waals surface area contributed by atoms with Gasteiger partial charge in [0.05, 0.1) is 12.6 Å². The number of hydrogen-bond donors (Lipinski definition) is 2. The van der Waals surface area contributed by atoms with Gasteiger partial charge in [-0.15, -0.1) is 0 Å². The van der Waals surface area contributed by atoms with Crippen molar-refractivity contribution >= 4 is 0 Å². The fraction of sp³-hybridized carbons (Fsp3) is 0.769. The molecular weight excluding hydrogens is 214 g/mol. The third kappa shape index (κ3) is 3.82. The summed E-state index contributed by atoms with van der Waals surface area (Å²) < 4.78 is 1.94. The zero-order valence-electron chi connectivity index (χ0n) is 10.5. The lowest BCUT2D eigenvalue weighted by Gasteiger charge is -2.29. The third-order valence-electron chi connectivity index (χ3n) is 3.62. The molecule has 1 aliphatic carbocycles. The Morgan fingerprint density at radius 1 is 1.47 bits per heavy atom. The highest BCUT2D eigenvalue weighted by Gasteiger charge is 2.22. The molecule has 0 aromatic carbocycles. The van der Waals surface area contributed by atoms with E-state index in [0.717, 1.165) is 25.9 Å². The molecule has 4 nitrogen and oxygen atoms in total. The molecule has 0 aliphatic heterocycles. The minimum atomic E-state index is -0.104. The highest BCUT2D eigenvalue weighted by Crippen LogP contribution is 2.23. The Balaban J connectivity index is 1.70. The topological polar surface area (TPSA) is 50.1 Å². The van der Waals surface area contributed by atoms with E-state index in [1.54, 1.807) is 6.20 Å². The van der Waals surface area contributed by atoms with Gasteiger partial charge in [0, 0.05) is 25.0 Å². The van der Waals surface area contributed by atoms with E-state index in [9.17, 15) is 5.11 Å². The summed E-state index contributed by atoms with van der Waals surface area (Å²) in [4.78, 5) is 0. The zero-order chi connectivity index (χ0) is 12.1. The van der Waals surface area contributed by atoms with Crippen molar-refractivity contribution in [1.82, 2.24) is 15.1 Å². The molecule has 1 aromatic heterocycles. The van der Waals surface area contributed by atoms with Crippen LogP contribution in [-0.2, 0) is 6.54 Å². The van der Waals surface area contributed by atoms with Crippen LogP contribution in [0.2, 0.25) is 0 Å². The lowest BCUT2D eigenvalue weighted by atomic mass is 9.86. The molecule has 2 N–H and O–H groups in total. The average Bonchev–Trinajstić information content (AvgIpc) is 2.81. The smallest absolute Gasteiger partial charge is 0.0580 e. The van der Waals surface area contributed by atoms with Crippen LogP contribution in [0.3, 0.4) is 0 Å². The molecule has 0 amide bonds.